The number of benzene rings is 2. The third-order valence-electron chi connectivity index (χ3n) is 4.73. The van der Waals surface area contributed by atoms with E-state index in [9.17, 15) is 9.59 Å². The summed E-state index contributed by atoms with van der Waals surface area (Å²) in [6.45, 7) is 1.71. The summed E-state index contributed by atoms with van der Waals surface area (Å²) in [5.74, 6) is 1.24. The zero-order valence-corrected chi connectivity index (χ0v) is 17.1. The smallest absolute Gasteiger partial charge is 0.260 e. The standard InChI is InChI=1S/C21H23ClN2O5/c1-27-18-5-3-4-17(20(18)28-2)21(26)24-12-10-23(11-13-24)19(25)14-29-16-8-6-15(22)7-9-16/h3-9H,10-14H2,1-2H3. The van der Waals surface area contributed by atoms with Crippen LogP contribution in [0, 0.1) is 0 Å². The molecule has 2 aromatic carbocycles. The van der Waals surface area contributed by atoms with E-state index in [-0.39, 0.29) is 18.4 Å². The third-order valence-corrected chi connectivity index (χ3v) is 4.98. The van der Waals surface area contributed by atoms with Crippen molar-refractivity contribution >= 4 is 23.4 Å². The Hall–Kier alpha value is -2.93. The molecule has 8 heteroatoms. The molecule has 7 nitrogen and oxygen atoms in total. The van der Waals surface area contributed by atoms with E-state index < -0.39 is 0 Å². The van der Waals surface area contributed by atoms with Crippen molar-refractivity contribution in [1.82, 2.24) is 9.80 Å². The van der Waals surface area contributed by atoms with Gasteiger partial charge in [-0.25, -0.2) is 0 Å². The summed E-state index contributed by atoms with van der Waals surface area (Å²) in [5.41, 5.74) is 0.442. The van der Waals surface area contributed by atoms with Crippen molar-refractivity contribution in [2.45, 2.75) is 0 Å². The summed E-state index contributed by atoms with van der Waals surface area (Å²) in [5, 5.41) is 0.608. The van der Waals surface area contributed by atoms with E-state index in [2.05, 4.69) is 0 Å². The van der Waals surface area contributed by atoms with Gasteiger partial charge >= 0.3 is 0 Å². The maximum Gasteiger partial charge on any atom is 0.260 e. The maximum atomic E-state index is 12.9. The predicted molar refractivity (Wildman–Crippen MR) is 109 cm³/mol. The van der Waals surface area contributed by atoms with Gasteiger partial charge in [0.05, 0.1) is 19.8 Å². The van der Waals surface area contributed by atoms with Crippen LogP contribution in [0.5, 0.6) is 17.2 Å². The normalized spacial score (nSPS) is 13.8. The number of piperazine rings is 1. The lowest BCUT2D eigenvalue weighted by Crippen LogP contribution is -2.51. The number of halogens is 1. The largest absolute Gasteiger partial charge is 0.493 e. The van der Waals surface area contributed by atoms with Crippen molar-refractivity contribution in [3.05, 3.63) is 53.1 Å². The zero-order chi connectivity index (χ0) is 20.8. The van der Waals surface area contributed by atoms with Crippen LogP contribution in [0.4, 0.5) is 0 Å². The van der Waals surface area contributed by atoms with Crippen molar-refractivity contribution in [3.63, 3.8) is 0 Å². The molecule has 0 aliphatic carbocycles. The summed E-state index contributed by atoms with van der Waals surface area (Å²) in [7, 11) is 3.04. The van der Waals surface area contributed by atoms with E-state index in [0.717, 1.165) is 0 Å². The summed E-state index contributed by atoms with van der Waals surface area (Å²) < 4.78 is 16.1. The van der Waals surface area contributed by atoms with E-state index in [1.807, 2.05) is 0 Å². The molecule has 154 valence electrons. The van der Waals surface area contributed by atoms with Gasteiger partial charge in [-0.15, -0.1) is 0 Å². The number of nitrogens with zero attached hydrogens (tertiary/aromatic N) is 2. The lowest BCUT2D eigenvalue weighted by atomic mass is 10.1. The van der Waals surface area contributed by atoms with Crippen LogP contribution in [0.15, 0.2) is 42.5 Å². The van der Waals surface area contributed by atoms with Crippen LogP contribution >= 0.6 is 11.6 Å². The van der Waals surface area contributed by atoms with Crippen molar-refractivity contribution in [2.75, 3.05) is 47.0 Å². The van der Waals surface area contributed by atoms with Crippen LogP contribution in [0.1, 0.15) is 10.4 Å². The van der Waals surface area contributed by atoms with Crippen LogP contribution in [0.2, 0.25) is 5.02 Å². The first-order chi connectivity index (χ1) is 14.0. The topological polar surface area (TPSA) is 68.3 Å². The monoisotopic (exact) mass is 418 g/mol. The average Bonchev–Trinajstić information content (AvgIpc) is 2.77. The van der Waals surface area contributed by atoms with E-state index in [1.165, 1.54) is 14.2 Å². The lowest BCUT2D eigenvalue weighted by Gasteiger charge is -2.35. The Morgan fingerprint density at radius 2 is 1.59 bits per heavy atom. The second kappa shape index (κ2) is 9.52. The van der Waals surface area contributed by atoms with Gasteiger partial charge in [0.1, 0.15) is 5.75 Å². The highest BCUT2D eigenvalue weighted by Crippen LogP contribution is 2.31. The molecule has 0 bridgehead atoms. The molecule has 1 fully saturated rings. The molecule has 1 heterocycles. The van der Waals surface area contributed by atoms with Crippen LogP contribution in [0.3, 0.4) is 0 Å². The summed E-state index contributed by atoms with van der Waals surface area (Å²) in [4.78, 5) is 28.7. The highest BCUT2D eigenvalue weighted by atomic mass is 35.5. The summed E-state index contributed by atoms with van der Waals surface area (Å²) >= 11 is 5.84. The number of hydrogen-bond acceptors (Lipinski definition) is 5. The quantitative estimate of drug-likeness (QED) is 0.721. The Kier molecular flexibility index (Phi) is 6.82. The molecule has 0 unspecified atom stereocenters. The van der Waals surface area contributed by atoms with Crippen LogP contribution in [0.25, 0.3) is 0 Å². The Labute approximate surface area is 174 Å². The molecular formula is C21H23ClN2O5. The number of carbonyl (C=O) groups excluding carboxylic acids is 2. The highest BCUT2D eigenvalue weighted by Gasteiger charge is 2.27. The zero-order valence-electron chi connectivity index (χ0n) is 16.4. The number of hydrogen-bond donors (Lipinski definition) is 0. The number of carbonyl (C=O) groups is 2. The van der Waals surface area contributed by atoms with Crippen LogP contribution in [-0.4, -0.2) is 68.6 Å². The average molecular weight is 419 g/mol. The van der Waals surface area contributed by atoms with Crippen molar-refractivity contribution < 1.29 is 23.8 Å². The van der Waals surface area contributed by atoms with Gasteiger partial charge in [-0.1, -0.05) is 17.7 Å². The lowest BCUT2D eigenvalue weighted by molar-refractivity contribution is -0.134. The van der Waals surface area contributed by atoms with E-state index in [1.54, 1.807) is 52.3 Å². The Morgan fingerprint density at radius 1 is 0.931 bits per heavy atom. The van der Waals surface area contributed by atoms with Gasteiger partial charge in [0, 0.05) is 31.2 Å². The summed E-state index contributed by atoms with van der Waals surface area (Å²) in [6.07, 6.45) is 0. The van der Waals surface area contributed by atoms with Crippen LogP contribution < -0.4 is 14.2 Å². The SMILES string of the molecule is COc1cccc(C(=O)N2CCN(C(=O)COc3ccc(Cl)cc3)CC2)c1OC. The van der Waals surface area contributed by atoms with E-state index in [0.29, 0.717) is 54.0 Å². The summed E-state index contributed by atoms with van der Waals surface area (Å²) in [6, 6.07) is 12.1. The minimum absolute atomic E-state index is 0.0563. The number of ether oxygens (including phenoxy) is 3. The van der Waals surface area contributed by atoms with Crippen molar-refractivity contribution in [3.8, 4) is 17.2 Å². The fourth-order valence-electron chi connectivity index (χ4n) is 3.15. The molecular weight excluding hydrogens is 396 g/mol. The molecule has 0 saturated carbocycles. The second-order valence-corrected chi connectivity index (χ2v) is 6.89. The molecule has 1 aliphatic heterocycles. The van der Waals surface area contributed by atoms with Gasteiger partial charge in [-0.2, -0.15) is 0 Å². The molecule has 0 atom stereocenters. The minimum Gasteiger partial charge on any atom is -0.493 e. The van der Waals surface area contributed by atoms with E-state index >= 15 is 0 Å². The molecule has 0 spiro atoms. The Bertz CT molecular complexity index is 864. The Balaban J connectivity index is 1.55. The fraction of sp³-hybridized carbons (Fsp3) is 0.333. The molecule has 0 aromatic heterocycles. The maximum absolute atomic E-state index is 12.9. The molecule has 0 N–H and O–H groups in total. The number of methoxy groups -OCH3 is 2. The van der Waals surface area contributed by atoms with E-state index in [4.69, 9.17) is 25.8 Å². The number of para-hydroxylation sites is 1. The Morgan fingerprint density at radius 3 is 2.21 bits per heavy atom. The number of amides is 2. The first-order valence-electron chi connectivity index (χ1n) is 9.20. The van der Waals surface area contributed by atoms with Gasteiger partial charge in [0.25, 0.3) is 11.8 Å². The van der Waals surface area contributed by atoms with Gasteiger partial charge in [0.2, 0.25) is 0 Å². The first kappa shape index (κ1) is 20.8. The van der Waals surface area contributed by atoms with Gasteiger partial charge in [0.15, 0.2) is 18.1 Å². The second-order valence-electron chi connectivity index (χ2n) is 6.46. The highest BCUT2D eigenvalue weighted by molar-refractivity contribution is 6.30. The van der Waals surface area contributed by atoms with Crippen LogP contribution in [-0.2, 0) is 4.79 Å². The van der Waals surface area contributed by atoms with Gasteiger partial charge < -0.3 is 24.0 Å². The molecule has 3 rings (SSSR count). The molecule has 1 saturated heterocycles. The first-order valence-corrected chi connectivity index (χ1v) is 9.57. The third kappa shape index (κ3) is 4.92. The molecule has 1 aliphatic rings. The predicted octanol–water partition coefficient (Wildman–Crippen LogP) is 2.72. The molecule has 2 amide bonds. The van der Waals surface area contributed by atoms with Gasteiger partial charge in [-0.05, 0) is 36.4 Å². The molecule has 29 heavy (non-hydrogen) atoms. The van der Waals surface area contributed by atoms with Crippen molar-refractivity contribution in [1.29, 1.82) is 0 Å². The van der Waals surface area contributed by atoms with Crippen molar-refractivity contribution in [2.24, 2.45) is 0 Å². The van der Waals surface area contributed by atoms with Gasteiger partial charge in [-0.3, -0.25) is 9.59 Å². The fourth-order valence-corrected chi connectivity index (χ4v) is 3.28. The minimum atomic E-state index is -0.148. The number of rotatable bonds is 6. The molecule has 2 aromatic rings. The molecule has 0 radical (unpaired) electrons.